The van der Waals surface area contributed by atoms with E-state index < -0.39 is 11.7 Å². The Morgan fingerprint density at radius 1 is 1.25 bits per heavy atom. The second-order valence-electron chi connectivity index (χ2n) is 3.53. The summed E-state index contributed by atoms with van der Waals surface area (Å²) in [5.41, 5.74) is 4.79. The molecule has 1 nitrogen and oxygen atoms in total. The smallest absolute Gasteiger partial charge is 0.330 e. The lowest BCUT2D eigenvalue weighted by Crippen LogP contribution is -2.07. The molecule has 0 saturated carbocycles. The van der Waals surface area contributed by atoms with Gasteiger partial charge in [0.15, 0.2) is 0 Å². The van der Waals surface area contributed by atoms with E-state index in [0.717, 1.165) is 23.4 Å². The first-order valence-electron chi connectivity index (χ1n) is 4.97. The van der Waals surface area contributed by atoms with E-state index >= 15 is 0 Å². The first-order valence-corrected chi connectivity index (χ1v) is 5.85. The van der Waals surface area contributed by atoms with Crippen LogP contribution in [0.2, 0.25) is 0 Å². The van der Waals surface area contributed by atoms with Crippen molar-refractivity contribution in [1.82, 2.24) is 0 Å². The van der Waals surface area contributed by atoms with Crippen LogP contribution in [0, 0.1) is 0 Å². The first kappa shape index (κ1) is 13.4. The maximum absolute atomic E-state index is 12.3. The zero-order chi connectivity index (χ0) is 12.2. The lowest BCUT2D eigenvalue weighted by Gasteiger charge is -2.11. The van der Waals surface area contributed by atoms with Gasteiger partial charge in [0.05, 0.1) is 5.56 Å². The molecule has 16 heavy (non-hydrogen) atoms. The molecular formula is C11H14F3NS. The average molecular weight is 249 g/mol. The number of hydrogen-bond donors (Lipinski definition) is 1. The minimum absolute atomic E-state index is 0.321. The zero-order valence-corrected chi connectivity index (χ0v) is 9.74. The molecule has 0 amide bonds. The van der Waals surface area contributed by atoms with Crippen LogP contribution in [-0.4, -0.2) is 11.8 Å². The summed E-state index contributed by atoms with van der Waals surface area (Å²) >= 11 is 1.54. The van der Waals surface area contributed by atoms with Gasteiger partial charge in [0.1, 0.15) is 0 Å². The molecule has 0 aromatic heterocycles. The lowest BCUT2D eigenvalue weighted by molar-refractivity contribution is -0.137. The monoisotopic (exact) mass is 249 g/mol. The molecule has 0 fully saturated rings. The third kappa shape index (κ3) is 4.06. The van der Waals surface area contributed by atoms with Gasteiger partial charge in [-0.15, -0.1) is 11.8 Å². The van der Waals surface area contributed by atoms with Crippen LogP contribution in [0.25, 0.3) is 0 Å². The summed E-state index contributed by atoms with van der Waals surface area (Å²) in [6.45, 7) is 2.60. The Bertz CT molecular complexity index is 321. The maximum Gasteiger partial charge on any atom is 0.416 e. The van der Waals surface area contributed by atoms with Crippen molar-refractivity contribution in [1.29, 1.82) is 0 Å². The first-order chi connectivity index (χ1) is 7.43. The van der Waals surface area contributed by atoms with Crippen LogP contribution in [-0.2, 0) is 6.18 Å². The van der Waals surface area contributed by atoms with Crippen LogP contribution < -0.4 is 5.73 Å². The molecule has 2 N–H and O–H groups in total. The molecule has 1 unspecified atom stereocenters. The van der Waals surface area contributed by atoms with Crippen LogP contribution in [0.15, 0.2) is 29.2 Å². The Labute approximate surface area is 97.2 Å². The van der Waals surface area contributed by atoms with E-state index in [9.17, 15) is 13.2 Å². The van der Waals surface area contributed by atoms with Crippen molar-refractivity contribution in [3.05, 3.63) is 29.8 Å². The van der Waals surface area contributed by atoms with Gasteiger partial charge in [-0.3, -0.25) is 0 Å². The number of nitrogens with two attached hydrogens (primary N) is 1. The fourth-order valence-corrected chi connectivity index (χ4v) is 2.26. The molecule has 0 bridgehead atoms. The molecule has 0 radical (unpaired) electrons. The van der Waals surface area contributed by atoms with Gasteiger partial charge < -0.3 is 5.73 Å². The second kappa shape index (κ2) is 5.59. The minimum Gasteiger partial charge on any atom is -0.330 e. The van der Waals surface area contributed by atoms with E-state index in [0.29, 0.717) is 11.8 Å². The van der Waals surface area contributed by atoms with E-state index in [1.807, 2.05) is 6.92 Å². The summed E-state index contributed by atoms with van der Waals surface area (Å²) in [4.78, 5) is 0.842. The van der Waals surface area contributed by atoms with Crippen LogP contribution in [0.1, 0.15) is 18.9 Å². The molecule has 0 aliphatic heterocycles. The Morgan fingerprint density at radius 2 is 1.81 bits per heavy atom. The lowest BCUT2D eigenvalue weighted by atomic mass is 10.2. The molecule has 0 saturated heterocycles. The molecule has 1 rings (SSSR count). The second-order valence-corrected chi connectivity index (χ2v) is 5.04. The highest BCUT2D eigenvalue weighted by molar-refractivity contribution is 7.99. The molecule has 0 spiro atoms. The standard InChI is InChI=1S/C11H14F3NS/c1-8(6-7-15)16-10-4-2-9(3-5-10)11(12,13)14/h2-5,8H,6-7,15H2,1H3. The van der Waals surface area contributed by atoms with Gasteiger partial charge in [-0.05, 0) is 37.2 Å². The summed E-state index contributed by atoms with van der Waals surface area (Å²) in [7, 11) is 0. The Hall–Kier alpha value is -0.680. The van der Waals surface area contributed by atoms with Gasteiger partial charge in [0.2, 0.25) is 0 Å². The topological polar surface area (TPSA) is 26.0 Å². The van der Waals surface area contributed by atoms with Gasteiger partial charge in [0.25, 0.3) is 0 Å². The van der Waals surface area contributed by atoms with Crippen molar-refractivity contribution in [2.75, 3.05) is 6.54 Å². The SMILES string of the molecule is CC(CCN)Sc1ccc(C(F)(F)F)cc1. The minimum atomic E-state index is -4.26. The third-order valence-electron chi connectivity index (χ3n) is 2.09. The largest absolute Gasteiger partial charge is 0.416 e. The number of benzene rings is 1. The van der Waals surface area contributed by atoms with Crippen LogP contribution in [0.3, 0.4) is 0 Å². The fourth-order valence-electron chi connectivity index (χ4n) is 1.25. The van der Waals surface area contributed by atoms with Crippen molar-refractivity contribution in [3.63, 3.8) is 0 Å². The van der Waals surface area contributed by atoms with Crippen molar-refractivity contribution in [2.45, 2.75) is 29.7 Å². The summed E-state index contributed by atoms with van der Waals surface area (Å²) < 4.78 is 36.8. The van der Waals surface area contributed by atoms with Gasteiger partial charge in [-0.1, -0.05) is 6.92 Å². The molecule has 0 aliphatic carbocycles. The quantitative estimate of drug-likeness (QED) is 0.826. The van der Waals surface area contributed by atoms with E-state index in [1.54, 1.807) is 11.8 Å². The molecule has 0 heterocycles. The molecular weight excluding hydrogens is 235 g/mol. The summed E-state index contributed by atoms with van der Waals surface area (Å²) in [6, 6.07) is 5.22. The van der Waals surface area contributed by atoms with Crippen molar-refractivity contribution >= 4 is 11.8 Å². The maximum atomic E-state index is 12.3. The highest BCUT2D eigenvalue weighted by atomic mass is 32.2. The third-order valence-corrected chi connectivity index (χ3v) is 3.27. The number of halogens is 3. The number of alkyl halides is 3. The Kier molecular flexibility index (Phi) is 4.68. The highest BCUT2D eigenvalue weighted by Gasteiger charge is 2.29. The average Bonchev–Trinajstić information content (AvgIpc) is 2.17. The number of rotatable bonds is 4. The van der Waals surface area contributed by atoms with Crippen LogP contribution in [0.4, 0.5) is 13.2 Å². The van der Waals surface area contributed by atoms with Gasteiger partial charge in [-0.2, -0.15) is 13.2 Å². The molecule has 5 heteroatoms. The van der Waals surface area contributed by atoms with Crippen LogP contribution in [0.5, 0.6) is 0 Å². The number of hydrogen-bond acceptors (Lipinski definition) is 2. The predicted molar refractivity (Wildman–Crippen MR) is 60.4 cm³/mol. The van der Waals surface area contributed by atoms with Crippen molar-refractivity contribution < 1.29 is 13.2 Å². The fraction of sp³-hybridized carbons (Fsp3) is 0.455. The van der Waals surface area contributed by atoms with Crippen molar-refractivity contribution in [2.24, 2.45) is 5.73 Å². The highest BCUT2D eigenvalue weighted by Crippen LogP contribution is 2.31. The van der Waals surface area contributed by atoms with Crippen LogP contribution >= 0.6 is 11.8 Å². The van der Waals surface area contributed by atoms with E-state index in [-0.39, 0.29) is 0 Å². The predicted octanol–water partition coefficient (Wildman–Crippen LogP) is 3.53. The molecule has 1 aromatic rings. The molecule has 1 aromatic carbocycles. The summed E-state index contributed by atoms with van der Waals surface area (Å²) in [6.07, 6.45) is -3.40. The van der Waals surface area contributed by atoms with Gasteiger partial charge >= 0.3 is 6.18 Å². The van der Waals surface area contributed by atoms with E-state index in [4.69, 9.17) is 5.73 Å². The summed E-state index contributed by atoms with van der Waals surface area (Å²) in [5.74, 6) is 0. The molecule has 1 atom stereocenters. The zero-order valence-electron chi connectivity index (χ0n) is 8.92. The Morgan fingerprint density at radius 3 is 2.25 bits per heavy atom. The van der Waals surface area contributed by atoms with E-state index in [1.165, 1.54) is 12.1 Å². The molecule has 0 aliphatic rings. The van der Waals surface area contributed by atoms with E-state index in [2.05, 4.69) is 0 Å². The summed E-state index contributed by atoms with van der Waals surface area (Å²) in [5, 5.41) is 0.321. The normalized spacial score (nSPS) is 13.8. The molecule has 90 valence electrons. The van der Waals surface area contributed by atoms with Gasteiger partial charge in [0, 0.05) is 10.1 Å². The van der Waals surface area contributed by atoms with Gasteiger partial charge in [-0.25, -0.2) is 0 Å². The van der Waals surface area contributed by atoms with Crippen molar-refractivity contribution in [3.8, 4) is 0 Å². The number of thioether (sulfide) groups is 1. The Balaban J connectivity index is 2.65.